The highest BCUT2D eigenvalue weighted by Crippen LogP contribution is 2.25. The van der Waals surface area contributed by atoms with Crippen LogP contribution in [0.4, 0.5) is 10.5 Å². The number of carbonyl (C=O) groups excluding carboxylic acids is 2. The molecule has 1 aromatic carbocycles. The molecule has 0 fully saturated rings. The van der Waals surface area contributed by atoms with Crippen LogP contribution in [0.3, 0.4) is 0 Å². The number of amides is 2. The molecule has 6 nitrogen and oxygen atoms in total. The first-order valence-corrected chi connectivity index (χ1v) is 6.07. The van der Waals surface area contributed by atoms with Gasteiger partial charge in [0.1, 0.15) is 6.61 Å². The monoisotopic (exact) mass is 259 g/mol. The molecule has 2 N–H and O–H groups in total. The molecule has 0 aromatic heterocycles. The van der Waals surface area contributed by atoms with E-state index in [4.69, 9.17) is 4.74 Å². The lowest BCUT2D eigenvalue weighted by molar-refractivity contribution is -0.121. The summed E-state index contributed by atoms with van der Waals surface area (Å²) in [5.74, 6) is 0.00991. The van der Waals surface area contributed by atoms with E-state index < -0.39 is 6.09 Å². The average Bonchev–Trinajstić information content (AvgIpc) is 2.38. The van der Waals surface area contributed by atoms with Gasteiger partial charge in [0.2, 0.25) is 5.91 Å². The first kappa shape index (κ1) is 11.7. The van der Waals surface area contributed by atoms with Crippen molar-refractivity contribution in [2.75, 3.05) is 5.32 Å². The summed E-state index contributed by atoms with van der Waals surface area (Å²) < 4.78 is 4.93. The molecule has 3 rings (SSSR count). The van der Waals surface area contributed by atoms with E-state index in [9.17, 15) is 9.59 Å². The Morgan fingerprint density at radius 2 is 2.21 bits per heavy atom. The SMILES string of the molecule is CC1CC(=O)NN=C1c1ccc2c(c1)COC(=O)N2. The fourth-order valence-electron chi connectivity index (χ4n) is 2.29. The largest absolute Gasteiger partial charge is 0.444 e. The van der Waals surface area contributed by atoms with E-state index >= 15 is 0 Å². The highest BCUT2D eigenvalue weighted by molar-refractivity contribution is 6.06. The lowest BCUT2D eigenvalue weighted by Crippen LogP contribution is -2.32. The van der Waals surface area contributed by atoms with Gasteiger partial charge in [-0.1, -0.05) is 13.0 Å². The molecular formula is C13H13N3O3. The summed E-state index contributed by atoms with van der Waals surface area (Å²) in [6.07, 6.45) is -0.000678. The van der Waals surface area contributed by atoms with Crippen LogP contribution in [-0.4, -0.2) is 17.7 Å². The smallest absolute Gasteiger partial charge is 0.411 e. The predicted molar refractivity (Wildman–Crippen MR) is 68.7 cm³/mol. The molecule has 0 spiro atoms. The van der Waals surface area contributed by atoms with Crippen LogP contribution in [0.1, 0.15) is 24.5 Å². The number of fused-ring (bicyclic) bond motifs is 1. The van der Waals surface area contributed by atoms with Gasteiger partial charge >= 0.3 is 6.09 Å². The number of carbonyl (C=O) groups is 2. The van der Waals surface area contributed by atoms with Crippen molar-refractivity contribution in [3.8, 4) is 0 Å². The van der Waals surface area contributed by atoms with Crippen molar-refractivity contribution in [3.05, 3.63) is 29.3 Å². The lowest BCUT2D eigenvalue weighted by atomic mass is 9.93. The number of hydrazone groups is 1. The number of ether oxygens (including phenoxy) is 1. The Kier molecular flexibility index (Phi) is 2.70. The van der Waals surface area contributed by atoms with Crippen LogP contribution in [0.15, 0.2) is 23.3 Å². The Morgan fingerprint density at radius 3 is 3.00 bits per heavy atom. The minimum absolute atomic E-state index is 0.0650. The lowest BCUT2D eigenvalue weighted by Gasteiger charge is -2.22. The molecule has 2 amide bonds. The Balaban J connectivity index is 1.94. The Hall–Kier alpha value is -2.37. The molecule has 0 aliphatic carbocycles. The third-order valence-corrected chi connectivity index (χ3v) is 3.26. The molecule has 2 aliphatic heterocycles. The highest BCUT2D eigenvalue weighted by Gasteiger charge is 2.23. The van der Waals surface area contributed by atoms with Gasteiger partial charge in [0, 0.05) is 17.9 Å². The zero-order chi connectivity index (χ0) is 13.4. The standard InChI is InChI=1S/C13H13N3O3/c1-7-4-11(17)15-16-12(7)8-2-3-10-9(5-8)6-19-13(18)14-10/h2-3,5,7H,4,6H2,1H3,(H,14,18)(H,15,17). The Labute approximate surface area is 109 Å². The summed E-state index contributed by atoms with van der Waals surface area (Å²) in [6, 6.07) is 5.65. The molecule has 2 aliphatic rings. The van der Waals surface area contributed by atoms with Crippen molar-refractivity contribution >= 4 is 23.4 Å². The maximum absolute atomic E-state index is 11.2. The summed E-state index contributed by atoms with van der Waals surface area (Å²) in [5.41, 5.74) is 5.94. The number of rotatable bonds is 1. The summed E-state index contributed by atoms with van der Waals surface area (Å²) in [4.78, 5) is 22.3. The van der Waals surface area contributed by atoms with Gasteiger partial charge in [0.05, 0.1) is 11.4 Å². The van der Waals surface area contributed by atoms with Crippen LogP contribution < -0.4 is 10.7 Å². The maximum Gasteiger partial charge on any atom is 0.411 e. The van der Waals surface area contributed by atoms with Crippen LogP contribution in [0.5, 0.6) is 0 Å². The zero-order valence-corrected chi connectivity index (χ0v) is 10.4. The number of hydrogen-bond donors (Lipinski definition) is 2. The van der Waals surface area contributed by atoms with Gasteiger partial charge in [-0.25, -0.2) is 10.2 Å². The van der Waals surface area contributed by atoms with Crippen molar-refractivity contribution in [1.82, 2.24) is 5.43 Å². The predicted octanol–water partition coefficient (Wildman–Crippen LogP) is 1.61. The van der Waals surface area contributed by atoms with E-state index in [1.54, 1.807) is 0 Å². The van der Waals surface area contributed by atoms with Crippen LogP contribution >= 0.6 is 0 Å². The summed E-state index contributed by atoms with van der Waals surface area (Å²) >= 11 is 0. The van der Waals surface area contributed by atoms with Crippen molar-refractivity contribution in [1.29, 1.82) is 0 Å². The quantitative estimate of drug-likeness (QED) is 0.804. The molecule has 1 atom stereocenters. The summed E-state index contributed by atoms with van der Waals surface area (Å²) in [6.45, 7) is 2.22. The van der Waals surface area contributed by atoms with Crippen LogP contribution in [-0.2, 0) is 16.1 Å². The van der Waals surface area contributed by atoms with E-state index in [1.807, 2.05) is 25.1 Å². The molecule has 0 radical (unpaired) electrons. The van der Waals surface area contributed by atoms with E-state index in [2.05, 4.69) is 15.8 Å². The van der Waals surface area contributed by atoms with Crippen LogP contribution in [0, 0.1) is 5.92 Å². The van der Waals surface area contributed by atoms with Gasteiger partial charge < -0.3 is 4.74 Å². The van der Waals surface area contributed by atoms with Crippen LogP contribution in [0.2, 0.25) is 0 Å². The summed E-state index contributed by atoms with van der Waals surface area (Å²) in [7, 11) is 0. The Bertz CT molecular complexity index is 595. The second-order valence-corrected chi connectivity index (χ2v) is 4.71. The van der Waals surface area contributed by atoms with Gasteiger partial charge in [-0.15, -0.1) is 0 Å². The second-order valence-electron chi connectivity index (χ2n) is 4.71. The van der Waals surface area contributed by atoms with Crippen molar-refractivity contribution < 1.29 is 14.3 Å². The molecule has 0 bridgehead atoms. The average molecular weight is 259 g/mol. The molecule has 1 aromatic rings. The molecule has 1 unspecified atom stereocenters. The van der Waals surface area contributed by atoms with E-state index in [-0.39, 0.29) is 18.4 Å². The molecular weight excluding hydrogens is 246 g/mol. The number of nitrogens with one attached hydrogen (secondary N) is 2. The fraction of sp³-hybridized carbons (Fsp3) is 0.308. The number of cyclic esters (lactones) is 1. The minimum Gasteiger partial charge on any atom is -0.444 e. The van der Waals surface area contributed by atoms with Gasteiger partial charge in [-0.2, -0.15) is 5.10 Å². The minimum atomic E-state index is -0.434. The van der Waals surface area contributed by atoms with Gasteiger partial charge in [0.25, 0.3) is 0 Å². The third kappa shape index (κ3) is 2.16. The Morgan fingerprint density at radius 1 is 1.37 bits per heavy atom. The zero-order valence-electron chi connectivity index (χ0n) is 10.4. The number of anilines is 1. The number of benzene rings is 1. The van der Waals surface area contributed by atoms with E-state index in [0.717, 1.165) is 22.5 Å². The topological polar surface area (TPSA) is 79.8 Å². The van der Waals surface area contributed by atoms with E-state index in [1.165, 1.54) is 0 Å². The first-order valence-electron chi connectivity index (χ1n) is 6.07. The highest BCUT2D eigenvalue weighted by atomic mass is 16.5. The molecule has 0 saturated heterocycles. The molecule has 2 heterocycles. The maximum atomic E-state index is 11.2. The van der Waals surface area contributed by atoms with Crippen LogP contribution in [0.25, 0.3) is 0 Å². The molecule has 19 heavy (non-hydrogen) atoms. The number of hydrogen-bond acceptors (Lipinski definition) is 4. The first-order chi connectivity index (χ1) is 9.13. The van der Waals surface area contributed by atoms with Gasteiger partial charge in [0.15, 0.2) is 0 Å². The van der Waals surface area contributed by atoms with Crippen molar-refractivity contribution in [2.45, 2.75) is 20.0 Å². The normalized spacial score (nSPS) is 21.7. The third-order valence-electron chi connectivity index (χ3n) is 3.26. The summed E-state index contributed by atoms with van der Waals surface area (Å²) in [5, 5.41) is 6.75. The van der Waals surface area contributed by atoms with Gasteiger partial charge in [-0.3, -0.25) is 10.1 Å². The molecule has 6 heteroatoms. The molecule has 0 saturated carbocycles. The second kappa shape index (κ2) is 4.38. The van der Waals surface area contributed by atoms with Crippen molar-refractivity contribution in [3.63, 3.8) is 0 Å². The van der Waals surface area contributed by atoms with E-state index in [0.29, 0.717) is 6.42 Å². The molecule has 98 valence electrons. The fourth-order valence-corrected chi connectivity index (χ4v) is 2.29. The number of nitrogens with zero attached hydrogens (tertiary/aromatic N) is 1. The van der Waals surface area contributed by atoms with Crippen molar-refractivity contribution in [2.24, 2.45) is 11.0 Å². The van der Waals surface area contributed by atoms with Gasteiger partial charge in [-0.05, 0) is 17.7 Å².